The summed E-state index contributed by atoms with van der Waals surface area (Å²) < 4.78 is 16.3. The highest BCUT2D eigenvalue weighted by Gasteiger charge is 2.31. The third kappa shape index (κ3) is 8.12. The topological polar surface area (TPSA) is 107 Å². The van der Waals surface area contributed by atoms with Crippen molar-refractivity contribution >= 4 is 29.2 Å². The van der Waals surface area contributed by atoms with E-state index >= 15 is 0 Å². The summed E-state index contributed by atoms with van der Waals surface area (Å²) in [5.74, 6) is 0.0633. The van der Waals surface area contributed by atoms with Crippen LogP contribution in [0, 0.1) is 0 Å². The molecule has 10 heteroatoms. The molecular formula is C26H34ClN3O6. The fourth-order valence-electron chi connectivity index (χ4n) is 3.50. The van der Waals surface area contributed by atoms with Crippen LogP contribution in [0.25, 0.3) is 0 Å². The van der Waals surface area contributed by atoms with Gasteiger partial charge in [-0.15, -0.1) is 0 Å². The molecule has 36 heavy (non-hydrogen) atoms. The highest BCUT2D eigenvalue weighted by atomic mass is 35.5. The Hall–Kier alpha value is -3.33. The summed E-state index contributed by atoms with van der Waals surface area (Å²) in [6, 6.07) is 1.64. The molecule has 1 aromatic rings. The zero-order valence-electron chi connectivity index (χ0n) is 21.4. The van der Waals surface area contributed by atoms with E-state index in [1.807, 2.05) is 13.8 Å². The lowest BCUT2D eigenvalue weighted by atomic mass is 10.1. The van der Waals surface area contributed by atoms with Gasteiger partial charge in [-0.25, -0.2) is 4.98 Å². The Morgan fingerprint density at radius 3 is 2.64 bits per heavy atom. The molecule has 0 aliphatic carbocycles. The van der Waals surface area contributed by atoms with Crippen molar-refractivity contribution in [1.29, 1.82) is 0 Å². The third-order valence-corrected chi connectivity index (χ3v) is 5.75. The number of ether oxygens (including phenoxy) is 3. The van der Waals surface area contributed by atoms with Gasteiger partial charge in [-0.05, 0) is 43.5 Å². The second-order valence-corrected chi connectivity index (χ2v) is 8.42. The molecule has 9 nitrogen and oxygen atoms in total. The van der Waals surface area contributed by atoms with E-state index in [9.17, 15) is 14.4 Å². The predicted molar refractivity (Wildman–Crippen MR) is 137 cm³/mol. The zero-order valence-corrected chi connectivity index (χ0v) is 22.2. The number of ketones is 1. The lowest BCUT2D eigenvalue weighted by Gasteiger charge is -2.13. The van der Waals surface area contributed by atoms with Crippen LogP contribution in [0.4, 0.5) is 0 Å². The third-order valence-electron chi connectivity index (χ3n) is 5.50. The Balaban J connectivity index is 1.96. The second-order valence-electron chi connectivity index (χ2n) is 8.06. The maximum atomic E-state index is 12.6. The number of pyridine rings is 1. The average molecular weight is 520 g/mol. The monoisotopic (exact) mass is 519 g/mol. The van der Waals surface area contributed by atoms with Gasteiger partial charge in [0, 0.05) is 20.0 Å². The highest BCUT2D eigenvalue weighted by molar-refractivity contribution is 6.31. The lowest BCUT2D eigenvalue weighted by Crippen LogP contribution is -2.30. The van der Waals surface area contributed by atoms with Crippen LogP contribution in [0.3, 0.4) is 0 Å². The van der Waals surface area contributed by atoms with Crippen LogP contribution in [0.15, 0.2) is 41.9 Å². The molecule has 1 aliphatic heterocycles. The van der Waals surface area contributed by atoms with E-state index in [2.05, 4.69) is 10.3 Å². The number of halogens is 1. The first kappa shape index (κ1) is 28.9. The molecule has 0 aromatic carbocycles. The van der Waals surface area contributed by atoms with Crippen molar-refractivity contribution in [3.63, 3.8) is 0 Å². The van der Waals surface area contributed by atoms with E-state index in [1.165, 1.54) is 13.4 Å². The quantitative estimate of drug-likeness (QED) is 0.183. The summed E-state index contributed by atoms with van der Waals surface area (Å²) in [5, 5.41) is 2.75. The van der Waals surface area contributed by atoms with Gasteiger partial charge in [-0.2, -0.15) is 0 Å². The number of Topliss-reactive ketones (excluding diaryl/α,β-unsaturated/α-hetero) is 1. The standard InChI is InChI=1S/C26H34ClN3O6/c1-6-17(9-10-19(16-34-5)36-22-11-12-30(4)26(22)33)13-23(32)28-15-21(31)20-14-18(7-2)24(35-8-3)25(27)29-20/h6,9-10,14,16,22H,7-8,11-13,15H2,1-5H3,(H,28,32)/b10-9-,17-6+,19-16-. The normalized spacial score (nSPS) is 16.4. The van der Waals surface area contributed by atoms with E-state index < -0.39 is 6.10 Å². The molecule has 2 amide bonds. The first-order valence-corrected chi connectivity index (χ1v) is 12.2. The van der Waals surface area contributed by atoms with Gasteiger partial charge in [-0.1, -0.05) is 30.7 Å². The number of likely N-dealkylation sites (N-methyl/N-ethyl adjacent to an activating group) is 1. The number of rotatable bonds is 13. The van der Waals surface area contributed by atoms with Gasteiger partial charge < -0.3 is 24.4 Å². The molecule has 0 bridgehead atoms. The van der Waals surface area contributed by atoms with E-state index in [0.29, 0.717) is 43.1 Å². The van der Waals surface area contributed by atoms with Crippen molar-refractivity contribution in [3.05, 3.63) is 58.3 Å². The molecule has 1 aromatic heterocycles. The van der Waals surface area contributed by atoms with Crippen LogP contribution in [-0.2, 0) is 25.5 Å². The number of likely N-dealkylation sites (tertiary alicyclic amines) is 1. The summed E-state index contributed by atoms with van der Waals surface area (Å²) in [5.41, 5.74) is 1.64. The van der Waals surface area contributed by atoms with Crippen LogP contribution in [0.5, 0.6) is 5.75 Å². The summed E-state index contributed by atoms with van der Waals surface area (Å²) in [6.07, 6.45) is 7.20. The largest absolute Gasteiger partial charge is 0.501 e. The highest BCUT2D eigenvalue weighted by Crippen LogP contribution is 2.28. The molecule has 0 spiro atoms. The number of nitrogens with zero attached hydrogens (tertiary/aromatic N) is 2. The van der Waals surface area contributed by atoms with Crippen LogP contribution in [0.2, 0.25) is 5.15 Å². The molecule has 1 unspecified atom stereocenters. The number of nitrogens with one attached hydrogen (secondary N) is 1. The molecule has 1 fully saturated rings. The Bertz CT molecular complexity index is 1050. The molecule has 2 rings (SSSR count). The number of aromatic nitrogens is 1. The van der Waals surface area contributed by atoms with Gasteiger partial charge in [0.1, 0.15) is 12.0 Å². The summed E-state index contributed by atoms with van der Waals surface area (Å²) in [6.45, 7) is 6.42. The number of hydrogen-bond donors (Lipinski definition) is 1. The van der Waals surface area contributed by atoms with E-state index in [1.54, 1.807) is 43.2 Å². The van der Waals surface area contributed by atoms with Gasteiger partial charge in [0.2, 0.25) is 5.91 Å². The van der Waals surface area contributed by atoms with Gasteiger partial charge in [0.15, 0.2) is 28.5 Å². The molecule has 0 saturated carbocycles. The molecule has 1 N–H and O–H groups in total. The molecule has 1 atom stereocenters. The molecular weight excluding hydrogens is 486 g/mol. The van der Waals surface area contributed by atoms with E-state index in [4.69, 9.17) is 25.8 Å². The summed E-state index contributed by atoms with van der Waals surface area (Å²) in [7, 11) is 3.21. The number of allylic oxidation sites excluding steroid dienone is 3. The minimum Gasteiger partial charge on any atom is -0.501 e. The maximum absolute atomic E-state index is 12.6. The van der Waals surface area contributed by atoms with Gasteiger partial charge >= 0.3 is 0 Å². The molecule has 1 saturated heterocycles. The number of carbonyl (C=O) groups excluding carboxylic acids is 3. The SMILES string of the molecule is C\C=C(/C=C\C(=C\OC)OC1CCN(C)C1=O)CC(=O)NCC(=O)c1cc(CC)c(OCC)c(Cl)n1. The smallest absolute Gasteiger partial charge is 0.263 e. The number of methoxy groups -OCH3 is 1. The Morgan fingerprint density at radius 2 is 2.06 bits per heavy atom. The maximum Gasteiger partial charge on any atom is 0.263 e. The van der Waals surface area contributed by atoms with Crippen molar-refractivity contribution in [2.24, 2.45) is 0 Å². The minimum absolute atomic E-state index is 0.0450. The first-order chi connectivity index (χ1) is 17.2. The second kappa shape index (κ2) is 14.3. The summed E-state index contributed by atoms with van der Waals surface area (Å²) >= 11 is 6.20. The van der Waals surface area contributed by atoms with Crippen molar-refractivity contribution in [1.82, 2.24) is 15.2 Å². The molecule has 196 valence electrons. The van der Waals surface area contributed by atoms with Crippen molar-refractivity contribution in [2.45, 2.75) is 46.1 Å². The van der Waals surface area contributed by atoms with Crippen molar-refractivity contribution in [3.8, 4) is 5.75 Å². The van der Waals surface area contributed by atoms with Gasteiger partial charge in [-0.3, -0.25) is 14.4 Å². The Kier molecular flexibility index (Phi) is 11.5. The minimum atomic E-state index is -0.567. The zero-order chi connectivity index (χ0) is 26.7. The molecule has 0 radical (unpaired) electrons. The van der Waals surface area contributed by atoms with Crippen LogP contribution >= 0.6 is 11.6 Å². The number of amides is 2. The Labute approximate surface area is 217 Å². The molecule has 2 heterocycles. The first-order valence-electron chi connectivity index (χ1n) is 11.8. The number of hydrogen-bond acceptors (Lipinski definition) is 7. The lowest BCUT2D eigenvalue weighted by molar-refractivity contribution is -0.134. The van der Waals surface area contributed by atoms with Crippen LogP contribution in [-0.4, -0.2) is 67.4 Å². The van der Waals surface area contributed by atoms with Gasteiger partial charge in [0.05, 0.1) is 26.7 Å². The average Bonchev–Trinajstić information content (AvgIpc) is 3.18. The Morgan fingerprint density at radius 1 is 1.31 bits per heavy atom. The van der Waals surface area contributed by atoms with E-state index in [-0.39, 0.29) is 41.4 Å². The van der Waals surface area contributed by atoms with Crippen LogP contribution < -0.4 is 10.1 Å². The number of carbonyl (C=O) groups is 3. The fraction of sp³-hybridized carbons (Fsp3) is 0.462. The number of aryl methyl sites for hydroxylation is 1. The molecule has 1 aliphatic rings. The summed E-state index contributed by atoms with van der Waals surface area (Å²) in [4.78, 5) is 43.0. The van der Waals surface area contributed by atoms with Gasteiger partial charge in [0.25, 0.3) is 5.91 Å². The van der Waals surface area contributed by atoms with Crippen LogP contribution in [0.1, 0.15) is 49.7 Å². The van der Waals surface area contributed by atoms with Crippen molar-refractivity contribution < 1.29 is 28.6 Å². The van der Waals surface area contributed by atoms with E-state index in [0.717, 1.165) is 5.56 Å². The fourth-order valence-corrected chi connectivity index (χ4v) is 3.77. The predicted octanol–water partition coefficient (Wildman–Crippen LogP) is 3.62. The van der Waals surface area contributed by atoms with Crippen molar-refractivity contribution in [2.75, 3.05) is 33.9 Å².